The summed E-state index contributed by atoms with van der Waals surface area (Å²) in [5.74, 6) is -0.268. The molecule has 25 heavy (non-hydrogen) atoms. The van der Waals surface area contributed by atoms with Gasteiger partial charge in [-0.15, -0.1) is 0 Å². The smallest absolute Gasteiger partial charge is 0.261 e. The minimum absolute atomic E-state index is 0.250. The lowest BCUT2D eigenvalue weighted by Crippen LogP contribution is -2.36. The monoisotopic (exact) mass is 361 g/mol. The highest BCUT2D eigenvalue weighted by molar-refractivity contribution is 6.31. The largest absolute Gasteiger partial charge is 0.497 e. The van der Waals surface area contributed by atoms with Crippen LogP contribution in [0.4, 0.5) is 5.69 Å². The Morgan fingerprint density at radius 1 is 1.20 bits per heavy atom. The van der Waals surface area contributed by atoms with Crippen molar-refractivity contribution >= 4 is 29.0 Å². The van der Waals surface area contributed by atoms with Crippen molar-refractivity contribution in [3.63, 3.8) is 0 Å². The summed E-state index contributed by atoms with van der Waals surface area (Å²) in [4.78, 5) is 25.0. The maximum absolute atomic E-state index is 12.7. The van der Waals surface area contributed by atoms with Crippen LogP contribution in [0.2, 0.25) is 5.02 Å². The van der Waals surface area contributed by atoms with Gasteiger partial charge in [0.1, 0.15) is 11.5 Å². The van der Waals surface area contributed by atoms with Gasteiger partial charge in [0.05, 0.1) is 26.2 Å². The first-order valence-corrected chi connectivity index (χ1v) is 7.86. The highest BCUT2D eigenvalue weighted by Crippen LogP contribution is 2.41. The minimum atomic E-state index is -1.98. The molecule has 2 aromatic carbocycles. The van der Waals surface area contributed by atoms with E-state index in [1.807, 2.05) is 0 Å². The van der Waals surface area contributed by atoms with Gasteiger partial charge in [0.2, 0.25) is 0 Å². The van der Waals surface area contributed by atoms with Crippen LogP contribution >= 0.6 is 11.6 Å². The topological polar surface area (TPSA) is 84.9 Å². The number of amides is 1. The fourth-order valence-corrected chi connectivity index (χ4v) is 3.02. The van der Waals surface area contributed by atoms with E-state index in [4.69, 9.17) is 21.1 Å². The molecule has 1 aliphatic rings. The molecule has 1 unspecified atom stereocenters. The van der Waals surface area contributed by atoms with Crippen LogP contribution in [0.1, 0.15) is 22.3 Å². The number of ether oxygens (including phenoxy) is 2. The highest BCUT2D eigenvalue weighted by Gasteiger charge is 2.47. The predicted octanol–water partition coefficient (Wildman–Crippen LogP) is 2.77. The number of hydrogen-bond donors (Lipinski definition) is 2. The zero-order valence-corrected chi connectivity index (χ0v) is 14.4. The van der Waals surface area contributed by atoms with E-state index >= 15 is 0 Å². The van der Waals surface area contributed by atoms with Crippen LogP contribution in [0.5, 0.6) is 11.5 Å². The Bertz CT molecular complexity index is 867. The molecule has 0 spiro atoms. The molecule has 0 bridgehead atoms. The van der Waals surface area contributed by atoms with Gasteiger partial charge in [-0.25, -0.2) is 0 Å². The number of Topliss-reactive ketones (excluding diaryl/α,β-unsaturated/α-hetero) is 1. The molecule has 6 nitrogen and oxygen atoms in total. The molecule has 1 amide bonds. The molecule has 130 valence electrons. The van der Waals surface area contributed by atoms with E-state index in [0.29, 0.717) is 22.2 Å². The Hall–Kier alpha value is -2.57. The zero-order chi connectivity index (χ0) is 18.2. The second-order valence-electron chi connectivity index (χ2n) is 5.67. The summed E-state index contributed by atoms with van der Waals surface area (Å²) in [6.07, 6.45) is -0.436. The van der Waals surface area contributed by atoms with Crippen LogP contribution in [0.15, 0.2) is 36.4 Å². The molecule has 0 aliphatic carbocycles. The molecule has 2 N–H and O–H groups in total. The Labute approximate surface area is 149 Å². The zero-order valence-electron chi connectivity index (χ0n) is 13.6. The fraction of sp³-hybridized carbons (Fsp3) is 0.222. The molecule has 7 heteroatoms. The van der Waals surface area contributed by atoms with Crippen molar-refractivity contribution in [2.75, 3.05) is 19.5 Å². The van der Waals surface area contributed by atoms with Gasteiger partial charge >= 0.3 is 0 Å². The number of benzene rings is 2. The molecule has 0 radical (unpaired) electrons. The lowest BCUT2D eigenvalue weighted by atomic mass is 9.88. The van der Waals surface area contributed by atoms with Crippen LogP contribution in [-0.4, -0.2) is 31.0 Å². The van der Waals surface area contributed by atoms with Gasteiger partial charge in [-0.3, -0.25) is 9.59 Å². The van der Waals surface area contributed by atoms with Crippen molar-refractivity contribution in [1.29, 1.82) is 0 Å². The van der Waals surface area contributed by atoms with Gasteiger partial charge in [-0.2, -0.15) is 0 Å². The van der Waals surface area contributed by atoms with E-state index in [-0.39, 0.29) is 11.1 Å². The summed E-state index contributed by atoms with van der Waals surface area (Å²) in [5.41, 5.74) is -1.01. The van der Waals surface area contributed by atoms with Gasteiger partial charge in [0.15, 0.2) is 11.4 Å². The molecule has 3 rings (SSSR count). The fourth-order valence-electron chi connectivity index (χ4n) is 2.85. The standard InChI is InChI=1S/C18H16ClNO5/c1-24-11-4-5-12(16(8-11)25-2)15(21)9-18(23)13-7-10(19)3-6-14(13)20-17(18)22/h3-8,23H,9H2,1-2H3,(H,20,22). The first-order chi connectivity index (χ1) is 11.9. The van der Waals surface area contributed by atoms with E-state index in [1.165, 1.54) is 26.4 Å². The maximum atomic E-state index is 12.7. The number of methoxy groups -OCH3 is 2. The number of ketones is 1. The summed E-state index contributed by atoms with van der Waals surface area (Å²) in [6.45, 7) is 0. The number of carbonyl (C=O) groups excluding carboxylic acids is 2. The van der Waals surface area contributed by atoms with Crippen molar-refractivity contribution in [1.82, 2.24) is 0 Å². The second kappa shape index (κ2) is 6.38. The predicted molar refractivity (Wildman–Crippen MR) is 92.5 cm³/mol. The van der Waals surface area contributed by atoms with E-state index in [1.54, 1.807) is 24.3 Å². The third kappa shape index (κ3) is 2.94. The van der Waals surface area contributed by atoms with Gasteiger partial charge in [-0.1, -0.05) is 11.6 Å². The van der Waals surface area contributed by atoms with E-state index < -0.39 is 23.7 Å². The molecule has 2 aromatic rings. The summed E-state index contributed by atoms with van der Waals surface area (Å²) < 4.78 is 10.3. The molecule has 0 aromatic heterocycles. The number of hydrogen-bond acceptors (Lipinski definition) is 5. The van der Waals surface area contributed by atoms with E-state index in [9.17, 15) is 14.7 Å². The Balaban J connectivity index is 1.96. The van der Waals surface area contributed by atoms with Crippen molar-refractivity contribution < 1.29 is 24.2 Å². The van der Waals surface area contributed by atoms with Gasteiger partial charge < -0.3 is 19.9 Å². The lowest BCUT2D eigenvalue weighted by molar-refractivity contribution is -0.133. The Morgan fingerprint density at radius 3 is 2.64 bits per heavy atom. The first-order valence-electron chi connectivity index (χ1n) is 7.48. The average Bonchev–Trinajstić information content (AvgIpc) is 2.84. The molecule has 0 fully saturated rings. The van der Waals surface area contributed by atoms with Gasteiger partial charge in [-0.05, 0) is 30.3 Å². The molecule has 1 heterocycles. The highest BCUT2D eigenvalue weighted by atomic mass is 35.5. The van der Waals surface area contributed by atoms with Gasteiger partial charge in [0.25, 0.3) is 5.91 Å². The Kier molecular flexibility index (Phi) is 4.41. The average molecular weight is 362 g/mol. The van der Waals surface area contributed by atoms with Gasteiger partial charge in [0, 0.05) is 22.3 Å². The van der Waals surface area contributed by atoms with Crippen LogP contribution in [0.3, 0.4) is 0 Å². The van der Waals surface area contributed by atoms with Crippen LogP contribution in [-0.2, 0) is 10.4 Å². The normalized spacial score (nSPS) is 18.5. The number of aliphatic hydroxyl groups is 1. The lowest BCUT2D eigenvalue weighted by Gasteiger charge is -2.20. The third-order valence-corrected chi connectivity index (χ3v) is 4.41. The summed E-state index contributed by atoms with van der Waals surface area (Å²) in [7, 11) is 2.93. The number of halogens is 1. The first kappa shape index (κ1) is 17.3. The van der Waals surface area contributed by atoms with E-state index in [2.05, 4.69) is 5.32 Å². The van der Waals surface area contributed by atoms with Crippen molar-refractivity contribution in [2.24, 2.45) is 0 Å². The molecule has 0 saturated heterocycles. The van der Waals surface area contributed by atoms with Crippen molar-refractivity contribution in [3.05, 3.63) is 52.5 Å². The Morgan fingerprint density at radius 2 is 1.96 bits per heavy atom. The molecule has 1 aliphatic heterocycles. The summed E-state index contributed by atoms with van der Waals surface area (Å²) in [5, 5.41) is 13.8. The molecule has 0 saturated carbocycles. The third-order valence-electron chi connectivity index (χ3n) is 4.18. The van der Waals surface area contributed by atoms with Crippen LogP contribution < -0.4 is 14.8 Å². The van der Waals surface area contributed by atoms with Crippen molar-refractivity contribution in [2.45, 2.75) is 12.0 Å². The number of carbonyl (C=O) groups is 2. The number of rotatable bonds is 5. The quantitative estimate of drug-likeness (QED) is 0.800. The van der Waals surface area contributed by atoms with Crippen LogP contribution in [0, 0.1) is 0 Å². The number of anilines is 1. The molecular weight excluding hydrogens is 346 g/mol. The van der Waals surface area contributed by atoms with Crippen LogP contribution in [0.25, 0.3) is 0 Å². The van der Waals surface area contributed by atoms with Crippen molar-refractivity contribution in [3.8, 4) is 11.5 Å². The number of nitrogens with one attached hydrogen (secondary N) is 1. The minimum Gasteiger partial charge on any atom is -0.497 e. The molecular formula is C18H16ClNO5. The molecule has 1 atom stereocenters. The summed E-state index contributed by atoms with van der Waals surface area (Å²) >= 11 is 5.96. The van der Waals surface area contributed by atoms with E-state index in [0.717, 1.165) is 0 Å². The maximum Gasteiger partial charge on any atom is 0.261 e. The summed E-state index contributed by atoms with van der Waals surface area (Å²) in [6, 6.07) is 9.38. The SMILES string of the molecule is COc1ccc(C(=O)CC2(O)C(=O)Nc3ccc(Cl)cc32)c(OC)c1. The number of fused-ring (bicyclic) bond motifs is 1. The second-order valence-corrected chi connectivity index (χ2v) is 6.11.